The van der Waals surface area contributed by atoms with Crippen molar-refractivity contribution in [2.45, 2.75) is 26.0 Å². The summed E-state index contributed by atoms with van der Waals surface area (Å²) in [6.45, 7) is 6.53. The average Bonchev–Trinajstić information content (AvgIpc) is 2.17. The lowest BCUT2D eigenvalue weighted by Crippen LogP contribution is -2.40. The molecule has 0 saturated heterocycles. The molecule has 0 saturated carbocycles. The van der Waals surface area contributed by atoms with Gasteiger partial charge in [-0.15, -0.1) is 0 Å². The fourth-order valence-corrected chi connectivity index (χ4v) is 1.79. The van der Waals surface area contributed by atoms with Crippen LogP contribution in [0.25, 0.3) is 0 Å². The number of hydrogen-bond donors (Lipinski definition) is 2. The number of nitrogens with two attached hydrogens (primary N) is 1. The molecule has 1 aromatic carbocycles. The number of hydrogen-bond acceptors (Lipinski definition) is 3. The van der Waals surface area contributed by atoms with E-state index in [0.717, 1.165) is 13.1 Å². The van der Waals surface area contributed by atoms with E-state index in [4.69, 9.17) is 5.73 Å². The predicted molar refractivity (Wildman–Crippen MR) is 67.1 cm³/mol. The minimum atomic E-state index is -0.677. The van der Waals surface area contributed by atoms with Crippen LogP contribution in [0.2, 0.25) is 0 Å². The fourth-order valence-electron chi connectivity index (χ4n) is 1.79. The van der Waals surface area contributed by atoms with E-state index in [0.29, 0.717) is 13.1 Å². The van der Waals surface area contributed by atoms with Crippen molar-refractivity contribution in [1.29, 1.82) is 0 Å². The molecular weight excluding hydrogens is 200 g/mol. The molecule has 1 rings (SSSR count). The smallest absolute Gasteiger partial charge is 0.0718 e. The Hall–Kier alpha value is -0.900. The average molecular weight is 222 g/mol. The minimum Gasteiger partial charge on any atom is -0.389 e. The SMILES string of the molecule is CC(C)(O)CN(CCN)Cc1ccccc1. The van der Waals surface area contributed by atoms with E-state index in [1.807, 2.05) is 32.0 Å². The van der Waals surface area contributed by atoms with Crippen molar-refractivity contribution in [2.24, 2.45) is 5.73 Å². The second-order valence-electron chi connectivity index (χ2n) is 4.80. The third-order valence-corrected chi connectivity index (χ3v) is 2.30. The molecule has 0 aliphatic rings. The molecule has 16 heavy (non-hydrogen) atoms. The van der Waals surface area contributed by atoms with E-state index in [1.54, 1.807) is 0 Å². The van der Waals surface area contributed by atoms with Gasteiger partial charge in [-0.3, -0.25) is 4.90 Å². The van der Waals surface area contributed by atoms with E-state index in [-0.39, 0.29) is 0 Å². The molecule has 0 atom stereocenters. The first-order chi connectivity index (χ1) is 7.51. The Balaban J connectivity index is 2.58. The number of rotatable bonds is 6. The Morgan fingerprint density at radius 3 is 2.38 bits per heavy atom. The molecule has 0 unspecified atom stereocenters. The Labute approximate surface area is 97.9 Å². The Bertz CT molecular complexity index is 293. The molecule has 3 heteroatoms. The molecule has 0 aromatic heterocycles. The minimum absolute atomic E-state index is 0.614. The van der Waals surface area contributed by atoms with Crippen molar-refractivity contribution in [2.75, 3.05) is 19.6 Å². The summed E-state index contributed by atoms with van der Waals surface area (Å²) < 4.78 is 0. The van der Waals surface area contributed by atoms with E-state index in [9.17, 15) is 5.11 Å². The van der Waals surface area contributed by atoms with Crippen LogP contribution < -0.4 is 5.73 Å². The summed E-state index contributed by atoms with van der Waals surface area (Å²) in [6.07, 6.45) is 0. The Morgan fingerprint density at radius 2 is 1.88 bits per heavy atom. The van der Waals surface area contributed by atoms with Gasteiger partial charge in [0.15, 0.2) is 0 Å². The van der Waals surface area contributed by atoms with E-state index >= 15 is 0 Å². The summed E-state index contributed by atoms with van der Waals surface area (Å²) in [5.74, 6) is 0. The van der Waals surface area contributed by atoms with Gasteiger partial charge in [-0.1, -0.05) is 30.3 Å². The summed E-state index contributed by atoms with van der Waals surface area (Å²) in [6, 6.07) is 10.2. The van der Waals surface area contributed by atoms with Crippen LogP contribution in [-0.2, 0) is 6.54 Å². The van der Waals surface area contributed by atoms with Crippen LogP contribution >= 0.6 is 0 Å². The van der Waals surface area contributed by atoms with Gasteiger partial charge in [0, 0.05) is 26.2 Å². The van der Waals surface area contributed by atoms with E-state index in [2.05, 4.69) is 17.0 Å². The molecule has 3 nitrogen and oxygen atoms in total. The zero-order chi connectivity index (χ0) is 12.0. The van der Waals surface area contributed by atoms with Crippen LogP contribution in [0, 0.1) is 0 Å². The standard InChI is InChI=1S/C13H22N2O/c1-13(2,16)11-15(9-8-14)10-12-6-4-3-5-7-12/h3-7,16H,8-11,14H2,1-2H3. The summed E-state index contributed by atoms with van der Waals surface area (Å²) in [5.41, 5.74) is 6.15. The molecule has 3 N–H and O–H groups in total. The number of benzene rings is 1. The predicted octanol–water partition coefficient (Wildman–Crippen LogP) is 1.22. The first kappa shape index (κ1) is 13.2. The van der Waals surface area contributed by atoms with Crippen LogP contribution in [0.5, 0.6) is 0 Å². The second-order valence-corrected chi connectivity index (χ2v) is 4.80. The van der Waals surface area contributed by atoms with Gasteiger partial charge in [-0.25, -0.2) is 0 Å². The van der Waals surface area contributed by atoms with E-state index in [1.165, 1.54) is 5.56 Å². The summed E-state index contributed by atoms with van der Waals surface area (Å²) in [5, 5.41) is 9.81. The lowest BCUT2D eigenvalue weighted by Gasteiger charge is -2.28. The molecule has 90 valence electrons. The number of nitrogens with zero attached hydrogens (tertiary/aromatic N) is 1. The van der Waals surface area contributed by atoms with Crippen molar-refractivity contribution < 1.29 is 5.11 Å². The molecule has 0 heterocycles. The number of aliphatic hydroxyl groups is 1. The van der Waals surface area contributed by atoms with Crippen molar-refractivity contribution in [3.8, 4) is 0 Å². The molecule has 0 fully saturated rings. The molecule has 1 aromatic rings. The van der Waals surface area contributed by atoms with Gasteiger partial charge < -0.3 is 10.8 Å². The van der Waals surface area contributed by atoms with Gasteiger partial charge >= 0.3 is 0 Å². The normalized spacial score (nSPS) is 12.1. The zero-order valence-corrected chi connectivity index (χ0v) is 10.2. The van der Waals surface area contributed by atoms with Crippen molar-refractivity contribution in [3.05, 3.63) is 35.9 Å². The van der Waals surface area contributed by atoms with Crippen molar-refractivity contribution >= 4 is 0 Å². The highest BCUT2D eigenvalue weighted by Gasteiger charge is 2.17. The molecular formula is C13H22N2O. The van der Waals surface area contributed by atoms with Gasteiger partial charge in [0.2, 0.25) is 0 Å². The molecule has 0 bridgehead atoms. The summed E-state index contributed by atoms with van der Waals surface area (Å²) >= 11 is 0. The lowest BCUT2D eigenvalue weighted by atomic mass is 10.1. The fraction of sp³-hybridized carbons (Fsp3) is 0.538. The zero-order valence-electron chi connectivity index (χ0n) is 10.2. The topological polar surface area (TPSA) is 49.5 Å². The van der Waals surface area contributed by atoms with Gasteiger partial charge in [0.25, 0.3) is 0 Å². The summed E-state index contributed by atoms with van der Waals surface area (Å²) in [4.78, 5) is 2.18. The highest BCUT2D eigenvalue weighted by molar-refractivity contribution is 5.14. The first-order valence-corrected chi connectivity index (χ1v) is 5.70. The van der Waals surface area contributed by atoms with Crippen LogP contribution in [0.3, 0.4) is 0 Å². The molecule has 0 radical (unpaired) electrons. The van der Waals surface area contributed by atoms with Crippen LogP contribution in [0.4, 0.5) is 0 Å². The lowest BCUT2D eigenvalue weighted by molar-refractivity contribution is 0.0346. The van der Waals surface area contributed by atoms with Crippen LogP contribution in [-0.4, -0.2) is 35.2 Å². The monoisotopic (exact) mass is 222 g/mol. The maximum Gasteiger partial charge on any atom is 0.0718 e. The third kappa shape index (κ3) is 5.26. The van der Waals surface area contributed by atoms with Gasteiger partial charge in [0.05, 0.1) is 5.60 Å². The second kappa shape index (κ2) is 5.99. The summed E-state index contributed by atoms with van der Waals surface area (Å²) in [7, 11) is 0. The third-order valence-electron chi connectivity index (χ3n) is 2.30. The highest BCUT2D eigenvalue weighted by atomic mass is 16.3. The van der Waals surface area contributed by atoms with E-state index < -0.39 is 5.60 Å². The Morgan fingerprint density at radius 1 is 1.25 bits per heavy atom. The van der Waals surface area contributed by atoms with Gasteiger partial charge in [0.1, 0.15) is 0 Å². The molecule has 0 aliphatic carbocycles. The largest absolute Gasteiger partial charge is 0.389 e. The van der Waals surface area contributed by atoms with Gasteiger partial charge in [-0.2, -0.15) is 0 Å². The van der Waals surface area contributed by atoms with Crippen LogP contribution in [0.15, 0.2) is 30.3 Å². The van der Waals surface area contributed by atoms with Crippen molar-refractivity contribution in [1.82, 2.24) is 4.90 Å². The van der Waals surface area contributed by atoms with Crippen molar-refractivity contribution in [3.63, 3.8) is 0 Å². The molecule has 0 aliphatic heterocycles. The quantitative estimate of drug-likeness (QED) is 0.761. The first-order valence-electron chi connectivity index (χ1n) is 5.70. The van der Waals surface area contributed by atoms with Crippen LogP contribution in [0.1, 0.15) is 19.4 Å². The molecule has 0 spiro atoms. The molecule has 0 amide bonds. The Kier molecular flexibility index (Phi) is 4.93. The van der Waals surface area contributed by atoms with Gasteiger partial charge in [-0.05, 0) is 19.4 Å². The maximum atomic E-state index is 9.81. The highest BCUT2D eigenvalue weighted by Crippen LogP contribution is 2.09. The maximum absolute atomic E-state index is 9.81.